The van der Waals surface area contributed by atoms with Gasteiger partial charge in [0.2, 0.25) is 5.91 Å². The van der Waals surface area contributed by atoms with Crippen LogP contribution in [0.25, 0.3) is 0 Å². The van der Waals surface area contributed by atoms with Gasteiger partial charge in [0.1, 0.15) is 0 Å². The van der Waals surface area contributed by atoms with E-state index < -0.39 is 0 Å². The lowest BCUT2D eigenvalue weighted by molar-refractivity contribution is -0.121. The molecule has 0 aliphatic carbocycles. The number of nitrogens with one attached hydrogen (secondary N) is 2. The summed E-state index contributed by atoms with van der Waals surface area (Å²) in [5.41, 5.74) is 3.51. The summed E-state index contributed by atoms with van der Waals surface area (Å²) in [5.74, 6) is 0.368. The second-order valence-electron chi connectivity index (χ2n) is 5.27. The molecule has 0 spiro atoms. The maximum absolute atomic E-state index is 12.1. The van der Waals surface area contributed by atoms with E-state index >= 15 is 0 Å². The zero-order valence-electron chi connectivity index (χ0n) is 11.6. The molecule has 1 aliphatic heterocycles. The summed E-state index contributed by atoms with van der Waals surface area (Å²) in [5, 5.41) is 6.34. The largest absolute Gasteiger partial charge is 0.384 e. The van der Waals surface area contributed by atoms with Crippen LogP contribution in [-0.2, 0) is 11.3 Å². The zero-order chi connectivity index (χ0) is 14.7. The third-order valence-corrected chi connectivity index (χ3v) is 4.30. The molecular formula is C17H17BrN2O. The van der Waals surface area contributed by atoms with E-state index in [2.05, 4.69) is 38.7 Å². The van der Waals surface area contributed by atoms with Gasteiger partial charge in [0, 0.05) is 35.6 Å². The van der Waals surface area contributed by atoms with Gasteiger partial charge in [0.15, 0.2) is 0 Å². The first kappa shape index (κ1) is 14.1. The fraction of sp³-hybridized carbons (Fsp3) is 0.235. The third-order valence-electron chi connectivity index (χ3n) is 3.77. The molecule has 2 aromatic carbocycles. The Hall–Kier alpha value is -1.81. The van der Waals surface area contributed by atoms with Gasteiger partial charge in [-0.1, -0.05) is 46.3 Å². The summed E-state index contributed by atoms with van der Waals surface area (Å²) in [7, 11) is 0. The van der Waals surface area contributed by atoms with Crippen LogP contribution >= 0.6 is 15.9 Å². The molecule has 3 rings (SSSR count). The van der Waals surface area contributed by atoms with Gasteiger partial charge in [0.25, 0.3) is 0 Å². The van der Waals surface area contributed by atoms with E-state index in [9.17, 15) is 4.79 Å². The molecule has 2 aromatic rings. The number of benzene rings is 2. The Kier molecular flexibility index (Phi) is 4.25. The Morgan fingerprint density at radius 2 is 1.95 bits per heavy atom. The third kappa shape index (κ3) is 3.45. The Balaban J connectivity index is 1.54. The molecule has 1 heterocycles. The van der Waals surface area contributed by atoms with Crippen LogP contribution in [0.15, 0.2) is 53.0 Å². The fourth-order valence-electron chi connectivity index (χ4n) is 2.64. The topological polar surface area (TPSA) is 41.1 Å². The van der Waals surface area contributed by atoms with E-state index in [0.717, 1.165) is 22.3 Å². The molecule has 0 saturated carbocycles. The van der Waals surface area contributed by atoms with E-state index in [1.807, 2.05) is 36.4 Å². The fourth-order valence-corrected chi connectivity index (χ4v) is 2.90. The van der Waals surface area contributed by atoms with Crippen LogP contribution in [0.4, 0.5) is 5.69 Å². The number of rotatable bonds is 4. The van der Waals surface area contributed by atoms with E-state index in [1.165, 1.54) is 5.56 Å². The van der Waals surface area contributed by atoms with E-state index in [4.69, 9.17) is 0 Å². The van der Waals surface area contributed by atoms with Crippen molar-refractivity contribution >= 4 is 27.5 Å². The second kappa shape index (κ2) is 6.31. The Bertz CT molecular complexity index is 639. The van der Waals surface area contributed by atoms with E-state index in [1.54, 1.807) is 0 Å². The van der Waals surface area contributed by atoms with Crippen LogP contribution in [0.2, 0.25) is 0 Å². The van der Waals surface area contributed by atoms with Crippen molar-refractivity contribution in [2.45, 2.75) is 18.9 Å². The molecule has 0 saturated heterocycles. The molecule has 1 aliphatic rings. The molecule has 1 atom stereocenters. The van der Waals surface area contributed by atoms with Gasteiger partial charge in [-0.2, -0.15) is 0 Å². The Morgan fingerprint density at radius 1 is 1.19 bits per heavy atom. The van der Waals surface area contributed by atoms with Crippen molar-refractivity contribution in [1.29, 1.82) is 0 Å². The highest BCUT2D eigenvalue weighted by Gasteiger charge is 2.23. The summed E-state index contributed by atoms with van der Waals surface area (Å²) >= 11 is 3.40. The van der Waals surface area contributed by atoms with Crippen molar-refractivity contribution in [2.24, 2.45) is 0 Å². The molecule has 1 amide bonds. The summed E-state index contributed by atoms with van der Waals surface area (Å²) in [4.78, 5) is 12.1. The van der Waals surface area contributed by atoms with Crippen LogP contribution in [0.1, 0.15) is 23.5 Å². The van der Waals surface area contributed by atoms with Crippen molar-refractivity contribution in [3.63, 3.8) is 0 Å². The van der Waals surface area contributed by atoms with Gasteiger partial charge >= 0.3 is 0 Å². The van der Waals surface area contributed by atoms with Gasteiger partial charge < -0.3 is 10.6 Å². The van der Waals surface area contributed by atoms with Gasteiger partial charge in [-0.3, -0.25) is 4.79 Å². The highest BCUT2D eigenvalue weighted by Crippen LogP contribution is 2.32. The molecule has 2 N–H and O–H groups in total. The van der Waals surface area contributed by atoms with Crippen LogP contribution in [-0.4, -0.2) is 12.5 Å². The SMILES string of the molecule is O=C(CC1CNc2ccccc21)NCc1ccc(Br)cc1. The van der Waals surface area contributed by atoms with E-state index in [-0.39, 0.29) is 11.8 Å². The van der Waals surface area contributed by atoms with E-state index in [0.29, 0.717) is 13.0 Å². The number of amides is 1. The van der Waals surface area contributed by atoms with Crippen molar-refractivity contribution < 1.29 is 4.79 Å². The van der Waals surface area contributed by atoms with Crippen molar-refractivity contribution in [1.82, 2.24) is 5.32 Å². The number of para-hydroxylation sites is 1. The molecule has 0 aromatic heterocycles. The van der Waals surface area contributed by atoms with Crippen LogP contribution in [0.3, 0.4) is 0 Å². The highest BCUT2D eigenvalue weighted by atomic mass is 79.9. The number of carbonyl (C=O) groups is 1. The lowest BCUT2D eigenvalue weighted by atomic mass is 9.97. The Labute approximate surface area is 132 Å². The molecule has 108 valence electrons. The summed E-state index contributed by atoms with van der Waals surface area (Å²) in [6.07, 6.45) is 0.528. The average molecular weight is 345 g/mol. The number of anilines is 1. The van der Waals surface area contributed by atoms with Gasteiger partial charge in [-0.05, 0) is 29.3 Å². The maximum atomic E-state index is 12.1. The smallest absolute Gasteiger partial charge is 0.220 e. The van der Waals surface area contributed by atoms with Crippen LogP contribution in [0, 0.1) is 0 Å². The first-order valence-corrected chi connectivity index (χ1v) is 7.85. The molecule has 3 nitrogen and oxygen atoms in total. The summed E-state index contributed by atoms with van der Waals surface area (Å²) < 4.78 is 1.05. The first-order valence-electron chi connectivity index (χ1n) is 7.06. The standard InChI is InChI=1S/C17H17BrN2O/c18-14-7-5-12(6-8-14)10-20-17(21)9-13-11-19-16-4-2-1-3-15(13)16/h1-8,13,19H,9-11H2,(H,20,21). The molecule has 1 unspecified atom stereocenters. The quantitative estimate of drug-likeness (QED) is 0.888. The number of fused-ring (bicyclic) bond motifs is 1. The molecule has 0 radical (unpaired) electrons. The minimum atomic E-state index is 0.0985. The average Bonchev–Trinajstić information content (AvgIpc) is 2.90. The number of hydrogen-bond donors (Lipinski definition) is 2. The van der Waals surface area contributed by atoms with Crippen molar-refractivity contribution in [3.8, 4) is 0 Å². The first-order chi connectivity index (χ1) is 10.2. The highest BCUT2D eigenvalue weighted by molar-refractivity contribution is 9.10. The summed E-state index contributed by atoms with van der Waals surface area (Å²) in [6, 6.07) is 16.2. The minimum absolute atomic E-state index is 0.0985. The van der Waals surface area contributed by atoms with Crippen molar-refractivity contribution in [3.05, 3.63) is 64.1 Å². The van der Waals surface area contributed by atoms with Gasteiger partial charge in [-0.15, -0.1) is 0 Å². The monoisotopic (exact) mass is 344 g/mol. The van der Waals surface area contributed by atoms with Crippen molar-refractivity contribution in [2.75, 3.05) is 11.9 Å². The second-order valence-corrected chi connectivity index (χ2v) is 6.19. The van der Waals surface area contributed by atoms with Gasteiger partial charge in [-0.25, -0.2) is 0 Å². The minimum Gasteiger partial charge on any atom is -0.384 e. The van der Waals surface area contributed by atoms with Crippen LogP contribution < -0.4 is 10.6 Å². The molecule has 0 bridgehead atoms. The molecule has 0 fully saturated rings. The number of carbonyl (C=O) groups excluding carboxylic acids is 1. The van der Waals surface area contributed by atoms with Crippen LogP contribution in [0.5, 0.6) is 0 Å². The maximum Gasteiger partial charge on any atom is 0.220 e. The zero-order valence-corrected chi connectivity index (χ0v) is 13.2. The Morgan fingerprint density at radius 3 is 2.76 bits per heavy atom. The molecule has 4 heteroatoms. The van der Waals surface area contributed by atoms with Gasteiger partial charge in [0.05, 0.1) is 0 Å². The lowest BCUT2D eigenvalue weighted by Crippen LogP contribution is -2.25. The number of hydrogen-bond acceptors (Lipinski definition) is 2. The number of halogens is 1. The predicted octanol–water partition coefficient (Wildman–Crippen LogP) is 3.66. The normalized spacial score (nSPS) is 16.1. The molecular weight excluding hydrogens is 328 g/mol. The predicted molar refractivity (Wildman–Crippen MR) is 88.3 cm³/mol. The molecule has 21 heavy (non-hydrogen) atoms. The lowest BCUT2D eigenvalue weighted by Gasteiger charge is -2.10. The summed E-state index contributed by atoms with van der Waals surface area (Å²) in [6.45, 7) is 1.42.